The summed E-state index contributed by atoms with van der Waals surface area (Å²) >= 11 is 2.45. The molecule has 1 aromatic carbocycles. The number of H-pyrrole nitrogens is 1. The van der Waals surface area contributed by atoms with Crippen molar-refractivity contribution in [3.05, 3.63) is 47.2 Å². The van der Waals surface area contributed by atoms with Gasteiger partial charge in [0.25, 0.3) is 17.5 Å². The molecular weight excluding hydrogens is 492 g/mol. The molecule has 0 unspecified atom stereocenters. The van der Waals surface area contributed by atoms with Gasteiger partial charge in [0, 0.05) is 24.2 Å². The Hall–Kier alpha value is -3.01. The number of aromatic nitrogens is 4. The highest BCUT2D eigenvalue weighted by atomic mass is 32.2. The van der Waals surface area contributed by atoms with E-state index in [2.05, 4.69) is 25.9 Å². The van der Waals surface area contributed by atoms with Crippen LogP contribution < -0.4 is 5.32 Å². The lowest BCUT2D eigenvalue weighted by molar-refractivity contribution is -0.191. The average Bonchev–Trinajstić information content (AvgIpc) is 3.35. The number of rotatable bonds is 8. The maximum absolute atomic E-state index is 13.2. The van der Waals surface area contributed by atoms with Gasteiger partial charge in [-0.15, -0.1) is 16.9 Å². The number of amides is 2. The molecule has 172 valence electrons. The number of tetrazole rings is 1. The molecule has 1 fully saturated rings. The van der Waals surface area contributed by atoms with E-state index in [4.69, 9.17) is 4.74 Å². The summed E-state index contributed by atoms with van der Waals surface area (Å²) in [6, 6.07) is 8.30. The van der Waals surface area contributed by atoms with E-state index in [1.807, 2.05) is 0 Å². The molecule has 0 bridgehead atoms. The van der Waals surface area contributed by atoms with Crippen LogP contribution in [0.3, 0.4) is 0 Å². The number of hydrogen-bond acceptors (Lipinski definition) is 10. The van der Waals surface area contributed by atoms with E-state index < -0.39 is 28.9 Å². The van der Waals surface area contributed by atoms with Crippen LogP contribution in [-0.4, -0.2) is 87.2 Å². The van der Waals surface area contributed by atoms with Crippen molar-refractivity contribution in [3.63, 3.8) is 0 Å². The van der Waals surface area contributed by atoms with Crippen molar-refractivity contribution in [2.75, 3.05) is 18.6 Å². The molecule has 33 heavy (non-hydrogen) atoms. The summed E-state index contributed by atoms with van der Waals surface area (Å²) in [6.07, 6.45) is 0. The Morgan fingerprint density at radius 1 is 1.39 bits per heavy atom. The van der Waals surface area contributed by atoms with Crippen molar-refractivity contribution < 1.29 is 28.4 Å². The van der Waals surface area contributed by atoms with Gasteiger partial charge >= 0.3 is 5.97 Å². The summed E-state index contributed by atoms with van der Waals surface area (Å²) < 4.78 is 17.1. The molecule has 2 aliphatic heterocycles. The lowest BCUT2D eigenvalue weighted by Crippen LogP contribution is -2.81. The van der Waals surface area contributed by atoms with E-state index in [-0.39, 0.29) is 33.3 Å². The summed E-state index contributed by atoms with van der Waals surface area (Å²) in [7, 11) is 1.25. The largest absolute Gasteiger partial charge is 0.477 e. The Bertz CT molecular complexity index is 1180. The van der Waals surface area contributed by atoms with Crippen molar-refractivity contribution in [2.24, 2.45) is 0 Å². The molecule has 2 aliphatic rings. The second kappa shape index (κ2) is 9.46. The van der Waals surface area contributed by atoms with Crippen molar-refractivity contribution in [1.29, 1.82) is 0 Å². The summed E-state index contributed by atoms with van der Waals surface area (Å²) in [6.45, 7) is 0. The van der Waals surface area contributed by atoms with Crippen LogP contribution in [0.1, 0.15) is 5.56 Å². The number of benzene rings is 1. The second-order valence-electron chi connectivity index (χ2n) is 6.76. The number of fused-ring (bicyclic) bond motifs is 1. The maximum Gasteiger partial charge on any atom is 0.352 e. The van der Waals surface area contributed by atoms with Crippen LogP contribution in [0.2, 0.25) is 0 Å². The molecule has 1 saturated heterocycles. The minimum atomic E-state index is -1.80. The number of thioether (sulfide) groups is 2. The highest BCUT2D eigenvalue weighted by molar-refractivity contribution is 8.01. The smallest absolute Gasteiger partial charge is 0.352 e. The quantitative estimate of drug-likeness (QED) is 0.137. The van der Waals surface area contributed by atoms with Crippen LogP contribution >= 0.6 is 23.5 Å². The maximum atomic E-state index is 13.2. The Kier molecular flexibility index (Phi) is 6.64. The van der Waals surface area contributed by atoms with E-state index in [0.29, 0.717) is 16.3 Å². The number of ether oxygens (including phenoxy) is 1. The minimum absolute atomic E-state index is 0.000634. The molecule has 2 atom stereocenters. The van der Waals surface area contributed by atoms with Gasteiger partial charge in [-0.25, -0.2) is 14.1 Å². The normalized spacial score (nSPS) is 21.8. The van der Waals surface area contributed by atoms with Gasteiger partial charge < -0.3 is 15.2 Å². The van der Waals surface area contributed by atoms with Crippen LogP contribution in [-0.2, 0) is 30.4 Å². The van der Waals surface area contributed by atoms with Crippen LogP contribution in [0.5, 0.6) is 0 Å². The Balaban J connectivity index is 1.58. The van der Waals surface area contributed by atoms with Crippen molar-refractivity contribution in [3.8, 4) is 0 Å². The van der Waals surface area contributed by atoms with E-state index in [1.165, 1.54) is 30.6 Å². The number of carbonyl (C=O) groups excluding carboxylic acids is 2. The number of aromatic amines is 1. The van der Waals surface area contributed by atoms with Crippen LogP contribution in [0.25, 0.3) is 0 Å². The zero-order valence-electron chi connectivity index (χ0n) is 16.9. The minimum Gasteiger partial charge on any atom is -0.477 e. The molecule has 15 heteroatoms. The highest BCUT2D eigenvalue weighted by Crippen LogP contribution is 2.47. The SMILES string of the molecule is CO[C@@]1(NC(=O)C(=S=O)c2ccccc2)C(=O)N2C(C(=O)O)=C(CSc3nnn[nH]3)CS[C@@H]21. The van der Waals surface area contributed by atoms with Crippen LogP contribution in [0, 0.1) is 0 Å². The predicted octanol–water partition coefficient (Wildman–Crippen LogP) is -0.562. The molecule has 2 amide bonds. The first kappa shape index (κ1) is 23.2. The zero-order chi connectivity index (χ0) is 23.6. The van der Waals surface area contributed by atoms with Gasteiger partial charge in [-0.2, -0.15) is 0 Å². The number of carbonyl (C=O) groups is 3. The fourth-order valence-electron chi connectivity index (χ4n) is 3.45. The lowest BCUT2D eigenvalue weighted by Gasteiger charge is -2.55. The van der Waals surface area contributed by atoms with Crippen LogP contribution in [0.15, 0.2) is 46.8 Å². The van der Waals surface area contributed by atoms with E-state index in [1.54, 1.807) is 30.3 Å². The fourth-order valence-corrected chi connectivity index (χ4v) is 6.13. The van der Waals surface area contributed by atoms with E-state index in [9.17, 15) is 23.7 Å². The molecule has 3 N–H and O–H groups in total. The van der Waals surface area contributed by atoms with Gasteiger partial charge in [-0.05, 0) is 16.0 Å². The topological polar surface area (TPSA) is 167 Å². The van der Waals surface area contributed by atoms with Crippen LogP contribution in [0.4, 0.5) is 0 Å². The Morgan fingerprint density at radius 3 is 2.76 bits per heavy atom. The Labute approximate surface area is 198 Å². The summed E-state index contributed by atoms with van der Waals surface area (Å²) in [5.41, 5.74) is -1.07. The number of nitrogens with one attached hydrogen (secondary N) is 2. The molecule has 4 rings (SSSR count). The van der Waals surface area contributed by atoms with Gasteiger partial charge in [0.05, 0.1) is 0 Å². The third kappa shape index (κ3) is 4.07. The number of methoxy groups -OCH3 is 1. The molecule has 2 aromatic rings. The molecule has 0 aliphatic carbocycles. The monoisotopic (exact) mass is 508 g/mol. The number of nitrogens with zero attached hydrogens (tertiary/aromatic N) is 4. The fraction of sp³-hybridized carbons (Fsp3) is 0.278. The van der Waals surface area contributed by atoms with E-state index >= 15 is 0 Å². The molecule has 12 nitrogen and oxygen atoms in total. The predicted molar refractivity (Wildman–Crippen MR) is 119 cm³/mol. The van der Waals surface area contributed by atoms with Gasteiger partial charge in [-0.3, -0.25) is 14.5 Å². The standard InChI is InChI=1S/C18H16N6O6S3/c1-30-18(19-13(25)12(33-29)9-5-3-2-4-6-9)15(28)24-11(14(26)27)10(7-31-16(18)24)8-32-17-20-22-23-21-17/h2-6,16H,7-8H2,1H3,(H,19,25)(H,26,27)(H,20,21,22,23)/t16-,18+/m1/s1. The Morgan fingerprint density at radius 2 is 2.15 bits per heavy atom. The molecule has 3 heterocycles. The number of carboxylic acid groups (broad SMARTS) is 1. The van der Waals surface area contributed by atoms with E-state index in [0.717, 1.165) is 4.90 Å². The van der Waals surface area contributed by atoms with Gasteiger partial charge in [-0.1, -0.05) is 42.1 Å². The first-order valence-corrected chi connectivity index (χ1v) is 12.1. The van der Waals surface area contributed by atoms with Crippen molar-refractivity contribution >= 4 is 57.4 Å². The first-order valence-electron chi connectivity index (χ1n) is 9.30. The van der Waals surface area contributed by atoms with Crippen molar-refractivity contribution in [1.82, 2.24) is 30.8 Å². The number of aliphatic carboxylic acids is 1. The highest BCUT2D eigenvalue weighted by Gasteiger charge is 2.66. The second-order valence-corrected chi connectivity index (χ2v) is 9.37. The van der Waals surface area contributed by atoms with Crippen molar-refractivity contribution in [2.45, 2.75) is 16.3 Å². The third-order valence-electron chi connectivity index (χ3n) is 4.97. The summed E-state index contributed by atoms with van der Waals surface area (Å²) in [5.74, 6) is -2.27. The average molecular weight is 509 g/mol. The first-order chi connectivity index (χ1) is 15.9. The lowest BCUT2D eigenvalue weighted by atomic mass is 9.97. The molecular formula is C18H16N6O6S3. The number of hydrogen-bond donors (Lipinski definition) is 3. The molecule has 1 aromatic heterocycles. The van der Waals surface area contributed by atoms with Gasteiger partial charge in [0.2, 0.25) is 5.16 Å². The molecule has 0 saturated carbocycles. The summed E-state index contributed by atoms with van der Waals surface area (Å²) in [5, 5.41) is 25.2. The van der Waals surface area contributed by atoms with Gasteiger partial charge in [0.15, 0.2) is 0 Å². The molecule has 0 radical (unpaired) electrons. The van der Waals surface area contributed by atoms with Gasteiger partial charge in [0.1, 0.15) is 27.2 Å². The number of carboxylic acids is 1. The third-order valence-corrected chi connectivity index (χ3v) is 7.87. The summed E-state index contributed by atoms with van der Waals surface area (Å²) in [4.78, 5) is 39.0. The number of β-lactam (4-membered cyclic amide) rings is 1. The zero-order valence-corrected chi connectivity index (χ0v) is 19.3. The molecule has 0 spiro atoms.